The fourth-order valence-corrected chi connectivity index (χ4v) is 3.62. The molecular formula is C21H24N4O3. The molecule has 7 heteroatoms. The van der Waals surface area contributed by atoms with Crippen LogP contribution in [0, 0.1) is 0 Å². The van der Waals surface area contributed by atoms with Crippen molar-refractivity contribution in [1.29, 1.82) is 0 Å². The van der Waals surface area contributed by atoms with E-state index in [1.165, 1.54) is 0 Å². The molecule has 1 saturated heterocycles. The zero-order valence-corrected chi connectivity index (χ0v) is 15.9. The number of anilines is 2. The number of amides is 1. The van der Waals surface area contributed by atoms with E-state index in [0.29, 0.717) is 39.9 Å². The molecule has 2 aromatic carbocycles. The number of carbonyl (C=O) groups excluding carboxylic acids is 1. The first-order chi connectivity index (χ1) is 13.5. The summed E-state index contributed by atoms with van der Waals surface area (Å²) in [6, 6.07) is 10.1. The lowest BCUT2D eigenvalue weighted by molar-refractivity contribution is -0.117. The molecule has 4 rings (SSSR count). The Balaban J connectivity index is 1.51. The summed E-state index contributed by atoms with van der Waals surface area (Å²) < 4.78 is 5.86. The van der Waals surface area contributed by atoms with Gasteiger partial charge in [0.1, 0.15) is 11.2 Å². The van der Waals surface area contributed by atoms with Crippen LogP contribution in [0.3, 0.4) is 0 Å². The molecule has 1 amide bonds. The van der Waals surface area contributed by atoms with E-state index in [-0.39, 0.29) is 11.3 Å². The summed E-state index contributed by atoms with van der Waals surface area (Å²) >= 11 is 0. The number of piperazine rings is 1. The zero-order chi connectivity index (χ0) is 19.7. The van der Waals surface area contributed by atoms with E-state index in [1.807, 2.05) is 0 Å². The molecule has 1 aromatic heterocycles. The summed E-state index contributed by atoms with van der Waals surface area (Å²) in [5.41, 5.74) is 7.69. The Bertz CT molecular complexity index is 1080. The van der Waals surface area contributed by atoms with Crippen LogP contribution in [-0.2, 0) is 4.79 Å². The van der Waals surface area contributed by atoms with Crippen molar-refractivity contribution in [3.8, 4) is 0 Å². The fourth-order valence-electron chi connectivity index (χ4n) is 3.62. The van der Waals surface area contributed by atoms with E-state index < -0.39 is 0 Å². The normalized spacial score (nSPS) is 15.9. The van der Waals surface area contributed by atoms with Crippen LogP contribution >= 0.6 is 0 Å². The van der Waals surface area contributed by atoms with Crippen LogP contribution in [0.25, 0.3) is 21.9 Å². The van der Waals surface area contributed by atoms with Gasteiger partial charge in [0.25, 0.3) is 0 Å². The highest BCUT2D eigenvalue weighted by molar-refractivity contribution is 5.96. The Morgan fingerprint density at radius 3 is 2.54 bits per heavy atom. The maximum absolute atomic E-state index is 12.7. The Kier molecular flexibility index (Phi) is 5.02. The predicted octanol–water partition coefficient (Wildman–Crippen LogP) is 2.10. The van der Waals surface area contributed by atoms with Gasteiger partial charge in [0, 0.05) is 43.6 Å². The lowest BCUT2D eigenvalue weighted by Gasteiger charge is -2.33. The third-order valence-electron chi connectivity index (χ3n) is 5.26. The topological polar surface area (TPSA) is 91.8 Å². The van der Waals surface area contributed by atoms with Gasteiger partial charge in [-0.1, -0.05) is 6.92 Å². The van der Waals surface area contributed by atoms with Crippen molar-refractivity contribution in [3.05, 3.63) is 46.6 Å². The number of hydrogen-bond donors (Lipinski definition) is 2. The molecule has 0 radical (unpaired) electrons. The van der Waals surface area contributed by atoms with Crippen LogP contribution in [-0.4, -0.2) is 55.0 Å². The second-order valence-corrected chi connectivity index (χ2v) is 7.16. The van der Waals surface area contributed by atoms with Gasteiger partial charge in [-0.3, -0.25) is 14.5 Å². The summed E-state index contributed by atoms with van der Waals surface area (Å²) in [6.07, 6.45) is 0. The Morgan fingerprint density at radius 2 is 1.79 bits per heavy atom. The number of fused-ring (bicyclic) bond motifs is 2. The molecule has 0 saturated carbocycles. The van der Waals surface area contributed by atoms with Crippen molar-refractivity contribution in [2.75, 3.05) is 50.3 Å². The van der Waals surface area contributed by atoms with Gasteiger partial charge >= 0.3 is 0 Å². The molecule has 0 spiro atoms. The third kappa shape index (κ3) is 3.72. The van der Waals surface area contributed by atoms with Gasteiger partial charge in [-0.25, -0.2) is 0 Å². The van der Waals surface area contributed by atoms with Gasteiger partial charge in [0.15, 0.2) is 0 Å². The second kappa shape index (κ2) is 7.61. The Hall–Kier alpha value is -2.90. The zero-order valence-electron chi connectivity index (χ0n) is 15.9. The first-order valence-corrected chi connectivity index (χ1v) is 9.54. The molecule has 3 N–H and O–H groups in total. The van der Waals surface area contributed by atoms with Crippen molar-refractivity contribution < 1.29 is 9.21 Å². The van der Waals surface area contributed by atoms with E-state index >= 15 is 0 Å². The number of nitrogen functional groups attached to an aromatic ring is 1. The third-order valence-corrected chi connectivity index (χ3v) is 5.26. The molecule has 0 bridgehead atoms. The summed E-state index contributed by atoms with van der Waals surface area (Å²) in [7, 11) is 0. The van der Waals surface area contributed by atoms with Gasteiger partial charge < -0.3 is 20.4 Å². The molecule has 146 valence electrons. The van der Waals surface area contributed by atoms with Crippen molar-refractivity contribution in [1.82, 2.24) is 9.80 Å². The van der Waals surface area contributed by atoms with Gasteiger partial charge in [0.05, 0.1) is 17.3 Å². The quantitative estimate of drug-likeness (QED) is 0.532. The standard InChI is InChI=1S/C21H24N4O3/c1-2-24-7-9-25(10-8-24)13-20(26)23-15-4-5-16-19(12-15)28-18-6-3-14(22)11-17(18)21(16)27/h3-6,11-12H,2,7-10,13,22H2,1H3,(H,23,26). The maximum Gasteiger partial charge on any atom is 0.238 e. The number of nitrogens with two attached hydrogens (primary N) is 1. The van der Waals surface area contributed by atoms with Crippen LogP contribution in [0.1, 0.15) is 6.92 Å². The molecule has 0 unspecified atom stereocenters. The van der Waals surface area contributed by atoms with Crippen LogP contribution in [0.15, 0.2) is 45.6 Å². The smallest absolute Gasteiger partial charge is 0.238 e. The van der Waals surface area contributed by atoms with Crippen LogP contribution < -0.4 is 16.5 Å². The summed E-state index contributed by atoms with van der Waals surface area (Å²) in [6.45, 7) is 7.32. The lowest BCUT2D eigenvalue weighted by Crippen LogP contribution is -2.48. The molecule has 1 aliphatic heterocycles. The highest BCUT2D eigenvalue weighted by atomic mass is 16.3. The minimum Gasteiger partial charge on any atom is -0.456 e. The lowest BCUT2D eigenvalue weighted by atomic mass is 10.1. The summed E-state index contributed by atoms with van der Waals surface area (Å²) in [4.78, 5) is 29.6. The van der Waals surface area contributed by atoms with E-state index in [0.717, 1.165) is 32.7 Å². The first kappa shape index (κ1) is 18.5. The van der Waals surface area contributed by atoms with Crippen molar-refractivity contribution >= 4 is 39.2 Å². The number of hydrogen-bond acceptors (Lipinski definition) is 6. The van der Waals surface area contributed by atoms with E-state index in [9.17, 15) is 9.59 Å². The Labute approximate surface area is 162 Å². The van der Waals surface area contributed by atoms with Crippen LogP contribution in [0.2, 0.25) is 0 Å². The molecule has 1 fully saturated rings. The molecule has 7 nitrogen and oxygen atoms in total. The summed E-state index contributed by atoms with van der Waals surface area (Å²) in [5.74, 6) is -0.0693. The summed E-state index contributed by atoms with van der Waals surface area (Å²) in [5, 5.41) is 3.83. The van der Waals surface area contributed by atoms with Gasteiger partial charge in [-0.2, -0.15) is 0 Å². The SMILES string of the molecule is CCN1CCN(CC(=O)Nc2ccc3c(=O)c4cc(N)ccc4oc3c2)CC1. The average Bonchev–Trinajstić information content (AvgIpc) is 2.69. The highest BCUT2D eigenvalue weighted by Gasteiger charge is 2.18. The van der Waals surface area contributed by atoms with Gasteiger partial charge in [-0.05, 0) is 36.9 Å². The first-order valence-electron chi connectivity index (χ1n) is 9.54. The number of nitrogens with zero attached hydrogens (tertiary/aromatic N) is 2. The number of benzene rings is 2. The Morgan fingerprint density at radius 1 is 1.04 bits per heavy atom. The minimum absolute atomic E-state index is 0.0693. The minimum atomic E-state index is -0.129. The molecule has 0 atom stereocenters. The van der Waals surface area contributed by atoms with Gasteiger partial charge in [-0.15, -0.1) is 0 Å². The number of nitrogens with one attached hydrogen (secondary N) is 1. The number of rotatable bonds is 4. The van der Waals surface area contributed by atoms with Crippen molar-refractivity contribution in [2.24, 2.45) is 0 Å². The number of likely N-dealkylation sites (N-methyl/N-ethyl adjacent to an activating group) is 1. The largest absolute Gasteiger partial charge is 0.456 e. The van der Waals surface area contributed by atoms with Crippen LogP contribution in [0.4, 0.5) is 11.4 Å². The number of carbonyl (C=O) groups is 1. The fraction of sp³-hybridized carbons (Fsp3) is 0.333. The molecular weight excluding hydrogens is 356 g/mol. The average molecular weight is 380 g/mol. The molecule has 2 heterocycles. The second-order valence-electron chi connectivity index (χ2n) is 7.16. The molecule has 3 aromatic rings. The van der Waals surface area contributed by atoms with Crippen LogP contribution in [0.5, 0.6) is 0 Å². The molecule has 28 heavy (non-hydrogen) atoms. The predicted molar refractivity (Wildman–Crippen MR) is 112 cm³/mol. The van der Waals surface area contributed by atoms with Gasteiger partial charge in [0.2, 0.25) is 11.3 Å². The van der Waals surface area contributed by atoms with E-state index in [4.69, 9.17) is 10.2 Å². The molecule has 1 aliphatic rings. The van der Waals surface area contributed by atoms with Crippen molar-refractivity contribution in [3.63, 3.8) is 0 Å². The molecule has 0 aliphatic carbocycles. The van der Waals surface area contributed by atoms with E-state index in [1.54, 1.807) is 36.4 Å². The van der Waals surface area contributed by atoms with Crippen molar-refractivity contribution in [2.45, 2.75) is 6.92 Å². The highest BCUT2D eigenvalue weighted by Crippen LogP contribution is 2.23. The monoisotopic (exact) mass is 380 g/mol. The van der Waals surface area contributed by atoms with E-state index in [2.05, 4.69) is 22.0 Å². The maximum atomic E-state index is 12.7.